The molecule has 0 heterocycles. The van der Waals surface area contributed by atoms with Gasteiger partial charge in [0.05, 0.1) is 18.7 Å². The van der Waals surface area contributed by atoms with Gasteiger partial charge in [0, 0.05) is 18.3 Å². The van der Waals surface area contributed by atoms with Crippen LogP contribution in [-0.2, 0) is 17.9 Å². The van der Waals surface area contributed by atoms with Crippen molar-refractivity contribution in [2.75, 3.05) is 18.1 Å². The van der Waals surface area contributed by atoms with E-state index in [0.29, 0.717) is 11.1 Å². The fourth-order valence-corrected chi connectivity index (χ4v) is 3.64. The Labute approximate surface area is 230 Å². The fourth-order valence-electron chi connectivity index (χ4n) is 3.64. The number of anilines is 1. The van der Waals surface area contributed by atoms with Gasteiger partial charge in [0.25, 0.3) is 0 Å². The van der Waals surface area contributed by atoms with Crippen molar-refractivity contribution in [2.24, 2.45) is 0 Å². The van der Waals surface area contributed by atoms with Crippen LogP contribution in [0.2, 0.25) is 0 Å². The second-order valence-electron chi connectivity index (χ2n) is 8.76. The number of hydrogen-bond donors (Lipinski definition) is 1. The first-order valence-corrected chi connectivity index (χ1v) is 12.2. The van der Waals surface area contributed by atoms with E-state index in [1.807, 2.05) is 0 Å². The van der Waals surface area contributed by atoms with Crippen molar-refractivity contribution >= 4 is 11.7 Å². The highest BCUT2D eigenvalue weighted by Gasteiger charge is 2.44. The van der Waals surface area contributed by atoms with Crippen LogP contribution in [0, 0.1) is 0 Å². The summed E-state index contributed by atoms with van der Waals surface area (Å²) in [6, 6.07) is 16.9. The Morgan fingerprint density at radius 3 is 2.24 bits per heavy atom. The number of nitrogens with zero attached hydrogens (tertiary/aromatic N) is 1. The number of hydrogen-bond acceptors (Lipinski definition) is 6. The Morgan fingerprint density at radius 2 is 1.56 bits per heavy atom. The van der Waals surface area contributed by atoms with E-state index in [1.165, 1.54) is 36.4 Å². The molecule has 0 aliphatic heterocycles. The van der Waals surface area contributed by atoms with Gasteiger partial charge in [-0.2, -0.15) is 30.7 Å². The highest BCUT2D eigenvalue weighted by atomic mass is 19.4. The van der Waals surface area contributed by atoms with Gasteiger partial charge in [-0.25, -0.2) is 4.79 Å². The lowest BCUT2D eigenvalue weighted by atomic mass is 10.1. The lowest BCUT2D eigenvalue weighted by Crippen LogP contribution is -2.40. The second kappa shape index (κ2) is 13.6. The van der Waals surface area contributed by atoms with E-state index < -0.39 is 43.1 Å². The normalized spacial score (nSPS) is 12.6. The molecular formula is C28H26F7NO5. The van der Waals surface area contributed by atoms with Gasteiger partial charge >= 0.3 is 24.7 Å². The van der Waals surface area contributed by atoms with Gasteiger partial charge in [0.2, 0.25) is 0 Å². The summed E-state index contributed by atoms with van der Waals surface area (Å²) in [4.78, 5) is 13.1. The Balaban J connectivity index is 1.82. The van der Waals surface area contributed by atoms with Crippen LogP contribution < -0.4 is 14.4 Å². The van der Waals surface area contributed by atoms with Crippen LogP contribution in [-0.4, -0.2) is 49.0 Å². The zero-order chi connectivity index (χ0) is 30.2. The third-order valence-electron chi connectivity index (χ3n) is 5.58. The molecule has 0 radical (unpaired) electrons. The average Bonchev–Trinajstić information content (AvgIpc) is 2.91. The monoisotopic (exact) mass is 589 g/mol. The van der Waals surface area contributed by atoms with E-state index in [2.05, 4.69) is 4.74 Å². The van der Waals surface area contributed by atoms with Crippen molar-refractivity contribution in [3.63, 3.8) is 0 Å². The van der Waals surface area contributed by atoms with Crippen LogP contribution in [0.1, 0.15) is 28.4 Å². The first-order valence-electron chi connectivity index (χ1n) is 12.2. The van der Waals surface area contributed by atoms with Crippen LogP contribution in [0.3, 0.4) is 0 Å². The molecule has 1 N–H and O–H groups in total. The largest absolute Gasteiger partial charge is 0.489 e. The molecule has 1 atom stereocenters. The SMILES string of the molecule is CCOC(=O)c1cccc(COc2cccc(N(Cc3cccc(OC(F)(F)C(F)F)c3)CC(O)C(F)(F)F)c2)c1. The number of rotatable bonds is 13. The number of carbonyl (C=O) groups excluding carboxylic acids is 1. The fraction of sp³-hybridized carbons (Fsp3) is 0.321. The zero-order valence-electron chi connectivity index (χ0n) is 21.6. The summed E-state index contributed by atoms with van der Waals surface area (Å²) in [5, 5.41) is 9.75. The summed E-state index contributed by atoms with van der Waals surface area (Å²) in [6.07, 6.45) is -16.6. The maximum atomic E-state index is 13.4. The van der Waals surface area contributed by atoms with E-state index >= 15 is 0 Å². The van der Waals surface area contributed by atoms with Crippen LogP contribution in [0.5, 0.6) is 11.5 Å². The van der Waals surface area contributed by atoms with Gasteiger partial charge < -0.3 is 24.2 Å². The lowest BCUT2D eigenvalue weighted by molar-refractivity contribution is -0.253. The average molecular weight is 590 g/mol. The quantitative estimate of drug-likeness (QED) is 0.179. The molecule has 0 saturated heterocycles. The van der Waals surface area contributed by atoms with Crippen molar-refractivity contribution in [3.05, 3.63) is 89.5 Å². The van der Waals surface area contributed by atoms with Gasteiger partial charge in [-0.3, -0.25) is 0 Å². The Kier molecular flexibility index (Phi) is 10.4. The third-order valence-corrected chi connectivity index (χ3v) is 5.58. The number of aliphatic hydroxyl groups excluding tert-OH is 1. The number of esters is 1. The van der Waals surface area contributed by atoms with E-state index in [4.69, 9.17) is 9.47 Å². The number of ether oxygens (including phenoxy) is 3. The number of alkyl halides is 7. The number of aliphatic hydroxyl groups is 1. The van der Waals surface area contributed by atoms with E-state index in [9.17, 15) is 40.6 Å². The van der Waals surface area contributed by atoms with Gasteiger partial charge in [0.15, 0.2) is 6.10 Å². The van der Waals surface area contributed by atoms with Crippen LogP contribution >= 0.6 is 0 Å². The molecule has 6 nitrogen and oxygen atoms in total. The molecule has 3 rings (SSSR count). The zero-order valence-corrected chi connectivity index (χ0v) is 21.6. The minimum atomic E-state index is -4.96. The van der Waals surface area contributed by atoms with Gasteiger partial charge in [-0.05, 0) is 54.4 Å². The maximum Gasteiger partial charge on any atom is 0.461 e. The summed E-state index contributed by atoms with van der Waals surface area (Å²) in [5.74, 6) is -0.891. The van der Waals surface area contributed by atoms with E-state index in [1.54, 1.807) is 31.2 Å². The maximum absolute atomic E-state index is 13.4. The highest BCUT2D eigenvalue weighted by Crippen LogP contribution is 2.30. The van der Waals surface area contributed by atoms with Crippen molar-refractivity contribution in [2.45, 2.75) is 44.9 Å². The molecule has 0 aromatic heterocycles. The molecule has 1 unspecified atom stereocenters. The lowest BCUT2D eigenvalue weighted by Gasteiger charge is -2.29. The summed E-state index contributed by atoms with van der Waals surface area (Å²) in [6.45, 7) is 0.596. The molecule has 0 fully saturated rings. The predicted octanol–water partition coefficient (Wildman–Crippen LogP) is 6.61. The highest BCUT2D eigenvalue weighted by molar-refractivity contribution is 5.89. The topological polar surface area (TPSA) is 68.2 Å². The molecule has 3 aromatic carbocycles. The molecule has 0 saturated carbocycles. The van der Waals surface area contributed by atoms with Gasteiger partial charge in [-0.1, -0.05) is 30.3 Å². The molecular weight excluding hydrogens is 563 g/mol. The third kappa shape index (κ3) is 9.27. The van der Waals surface area contributed by atoms with Crippen molar-refractivity contribution in [1.82, 2.24) is 0 Å². The van der Waals surface area contributed by atoms with Crippen LogP contribution in [0.15, 0.2) is 72.8 Å². The van der Waals surface area contributed by atoms with Crippen LogP contribution in [0.4, 0.5) is 36.4 Å². The summed E-state index contributed by atoms with van der Waals surface area (Å²) in [7, 11) is 0. The molecule has 0 aliphatic carbocycles. The standard InChI is InChI=1S/C28H26F7NO5/c1-2-39-25(38)20-8-3-7-19(12-20)17-40-22-10-5-9-21(14-22)36(16-24(37)27(31,32)33)15-18-6-4-11-23(13-18)41-28(34,35)26(29)30/h3-14,24,26,37H,2,15-17H2,1H3. The molecule has 13 heteroatoms. The predicted molar refractivity (Wildman–Crippen MR) is 134 cm³/mol. The summed E-state index contributed by atoms with van der Waals surface area (Å²) in [5.41, 5.74) is 1.24. The van der Waals surface area contributed by atoms with Crippen molar-refractivity contribution in [3.8, 4) is 11.5 Å². The molecule has 222 valence electrons. The van der Waals surface area contributed by atoms with E-state index in [-0.39, 0.29) is 36.8 Å². The number of carbonyl (C=O) groups is 1. The summed E-state index contributed by atoms with van der Waals surface area (Å²) < 4.78 is 106. The molecule has 41 heavy (non-hydrogen) atoms. The Morgan fingerprint density at radius 1 is 0.902 bits per heavy atom. The Hall–Kier alpha value is -4.00. The van der Waals surface area contributed by atoms with Gasteiger partial charge in [-0.15, -0.1) is 0 Å². The molecule has 0 spiro atoms. The Bertz CT molecular complexity index is 1300. The van der Waals surface area contributed by atoms with E-state index in [0.717, 1.165) is 17.0 Å². The molecule has 3 aromatic rings. The molecule has 0 bridgehead atoms. The van der Waals surface area contributed by atoms with Crippen molar-refractivity contribution < 1.29 is 54.8 Å². The minimum Gasteiger partial charge on any atom is -0.489 e. The van der Waals surface area contributed by atoms with Crippen LogP contribution in [0.25, 0.3) is 0 Å². The molecule has 0 amide bonds. The number of halogens is 7. The summed E-state index contributed by atoms with van der Waals surface area (Å²) >= 11 is 0. The van der Waals surface area contributed by atoms with Gasteiger partial charge in [0.1, 0.15) is 18.1 Å². The second-order valence-corrected chi connectivity index (χ2v) is 8.76. The minimum absolute atomic E-state index is 0.000390. The first kappa shape index (κ1) is 31.5. The number of benzene rings is 3. The molecule has 0 aliphatic rings. The smallest absolute Gasteiger partial charge is 0.461 e. The van der Waals surface area contributed by atoms with Crippen molar-refractivity contribution in [1.29, 1.82) is 0 Å². The first-order chi connectivity index (χ1) is 19.3.